The summed E-state index contributed by atoms with van der Waals surface area (Å²) in [5.41, 5.74) is 0. The molecule has 1 atom stereocenters. The minimum Gasteiger partial charge on any atom is -0.304 e. The van der Waals surface area contributed by atoms with Crippen LogP contribution in [0.5, 0.6) is 0 Å². The van der Waals surface area contributed by atoms with Crippen molar-refractivity contribution in [2.24, 2.45) is 0 Å². The number of hydrogen-bond donors (Lipinski definition) is 1. The van der Waals surface area contributed by atoms with Crippen LogP contribution in [0.25, 0.3) is 0 Å². The minimum atomic E-state index is 0.697. The Morgan fingerprint density at radius 1 is 1.60 bits per heavy atom. The third-order valence-corrected chi connectivity index (χ3v) is 2.75. The Morgan fingerprint density at radius 2 is 2.50 bits per heavy atom. The summed E-state index contributed by atoms with van der Waals surface area (Å²) in [6.45, 7) is 3.36. The average molecular weight is 157 g/mol. The number of rotatable bonds is 3. The molecule has 0 radical (unpaired) electrons. The van der Waals surface area contributed by atoms with Crippen LogP contribution in [0, 0.1) is 0 Å². The van der Waals surface area contributed by atoms with Crippen molar-refractivity contribution in [2.45, 2.75) is 25.1 Å². The van der Waals surface area contributed by atoms with Gasteiger partial charge in [-0.15, -0.1) is 11.8 Å². The lowest BCUT2D eigenvalue weighted by Gasteiger charge is -2.03. The lowest BCUT2D eigenvalue weighted by atomic mass is 10.3. The van der Waals surface area contributed by atoms with Crippen molar-refractivity contribution >= 4 is 11.8 Å². The van der Waals surface area contributed by atoms with Gasteiger partial charge in [0, 0.05) is 12.3 Å². The first kappa shape index (κ1) is 8.15. The predicted octanol–water partition coefficient (Wildman–Crippen LogP) is 2.01. The molecule has 1 unspecified atom stereocenters. The molecule has 0 aliphatic carbocycles. The largest absolute Gasteiger partial charge is 0.304 e. The van der Waals surface area contributed by atoms with Gasteiger partial charge in [-0.05, 0) is 12.8 Å². The van der Waals surface area contributed by atoms with Gasteiger partial charge in [-0.1, -0.05) is 19.1 Å². The minimum absolute atomic E-state index is 0.697. The van der Waals surface area contributed by atoms with E-state index in [-0.39, 0.29) is 0 Å². The smallest absolute Gasteiger partial charge is 0.0567 e. The van der Waals surface area contributed by atoms with Crippen LogP contribution in [-0.2, 0) is 0 Å². The summed E-state index contributed by atoms with van der Waals surface area (Å²) < 4.78 is 0. The zero-order valence-electron chi connectivity index (χ0n) is 6.47. The first-order chi connectivity index (χ1) is 4.93. The quantitative estimate of drug-likeness (QED) is 0.629. The van der Waals surface area contributed by atoms with Crippen molar-refractivity contribution in [1.82, 2.24) is 5.32 Å². The van der Waals surface area contributed by atoms with Gasteiger partial charge < -0.3 is 5.32 Å². The van der Waals surface area contributed by atoms with Gasteiger partial charge in [0.15, 0.2) is 0 Å². The molecule has 1 heterocycles. The van der Waals surface area contributed by atoms with Crippen molar-refractivity contribution in [3.8, 4) is 0 Å². The van der Waals surface area contributed by atoms with Crippen LogP contribution in [0.3, 0.4) is 0 Å². The normalized spacial score (nSPS) is 26.3. The van der Waals surface area contributed by atoms with Gasteiger partial charge in [-0.3, -0.25) is 0 Å². The van der Waals surface area contributed by atoms with E-state index < -0.39 is 0 Å². The summed E-state index contributed by atoms with van der Waals surface area (Å²) in [6, 6.07) is 0. The van der Waals surface area contributed by atoms with Crippen LogP contribution < -0.4 is 5.32 Å². The van der Waals surface area contributed by atoms with E-state index in [0.29, 0.717) is 5.37 Å². The molecule has 1 fully saturated rings. The third-order valence-electron chi connectivity index (χ3n) is 1.55. The van der Waals surface area contributed by atoms with Crippen LogP contribution in [0.1, 0.15) is 19.8 Å². The lowest BCUT2D eigenvalue weighted by Crippen LogP contribution is -2.18. The third kappa shape index (κ3) is 2.76. The highest BCUT2D eigenvalue weighted by atomic mass is 32.2. The van der Waals surface area contributed by atoms with E-state index in [1.807, 2.05) is 11.8 Å². The number of nitrogens with one attached hydrogen (secondary N) is 1. The SMILES string of the molecule is CC/C=C\CC1NCCS1. The summed E-state index contributed by atoms with van der Waals surface area (Å²) in [6.07, 6.45) is 6.87. The van der Waals surface area contributed by atoms with E-state index in [2.05, 4.69) is 24.4 Å². The van der Waals surface area contributed by atoms with Gasteiger partial charge in [0.2, 0.25) is 0 Å². The Kier molecular flexibility index (Phi) is 3.91. The Bertz CT molecular complexity index is 106. The van der Waals surface area contributed by atoms with Crippen molar-refractivity contribution in [2.75, 3.05) is 12.3 Å². The maximum atomic E-state index is 3.43. The fourth-order valence-electron chi connectivity index (χ4n) is 1.02. The fourth-order valence-corrected chi connectivity index (χ4v) is 2.02. The van der Waals surface area contributed by atoms with Crippen molar-refractivity contribution < 1.29 is 0 Å². The molecule has 2 heteroatoms. The van der Waals surface area contributed by atoms with E-state index in [9.17, 15) is 0 Å². The maximum absolute atomic E-state index is 3.43. The average Bonchev–Trinajstić information content (AvgIpc) is 2.41. The topological polar surface area (TPSA) is 12.0 Å². The molecular formula is C8H15NS. The van der Waals surface area contributed by atoms with Gasteiger partial charge in [-0.25, -0.2) is 0 Å². The van der Waals surface area contributed by atoms with Crippen molar-refractivity contribution in [1.29, 1.82) is 0 Å². The molecule has 1 aliphatic rings. The molecule has 0 aromatic heterocycles. The number of hydrogen-bond acceptors (Lipinski definition) is 2. The molecule has 10 heavy (non-hydrogen) atoms. The van der Waals surface area contributed by atoms with Gasteiger partial charge in [0.05, 0.1) is 5.37 Å². The maximum Gasteiger partial charge on any atom is 0.0567 e. The first-order valence-electron chi connectivity index (χ1n) is 3.93. The molecule has 0 aromatic rings. The summed E-state index contributed by atoms with van der Waals surface area (Å²) in [7, 11) is 0. The molecule has 0 amide bonds. The highest BCUT2D eigenvalue weighted by molar-refractivity contribution is 8.00. The highest BCUT2D eigenvalue weighted by Crippen LogP contribution is 2.16. The van der Waals surface area contributed by atoms with Crippen LogP contribution in [0.2, 0.25) is 0 Å². The molecule has 1 nitrogen and oxygen atoms in total. The zero-order chi connectivity index (χ0) is 7.23. The van der Waals surface area contributed by atoms with Gasteiger partial charge in [0.1, 0.15) is 0 Å². The van der Waals surface area contributed by atoms with Gasteiger partial charge in [0.25, 0.3) is 0 Å². The van der Waals surface area contributed by atoms with E-state index in [4.69, 9.17) is 0 Å². The van der Waals surface area contributed by atoms with Gasteiger partial charge in [-0.2, -0.15) is 0 Å². The molecule has 0 saturated carbocycles. The Balaban J connectivity index is 2.06. The second-order valence-electron chi connectivity index (χ2n) is 2.43. The van der Waals surface area contributed by atoms with Crippen LogP contribution >= 0.6 is 11.8 Å². The van der Waals surface area contributed by atoms with Crippen molar-refractivity contribution in [3.05, 3.63) is 12.2 Å². The fraction of sp³-hybridized carbons (Fsp3) is 0.750. The number of allylic oxidation sites excluding steroid dienone is 1. The molecular weight excluding hydrogens is 142 g/mol. The highest BCUT2D eigenvalue weighted by Gasteiger charge is 2.11. The molecule has 0 aromatic carbocycles. The van der Waals surface area contributed by atoms with E-state index in [1.165, 1.54) is 18.7 Å². The summed E-state index contributed by atoms with van der Waals surface area (Å²) in [5.74, 6) is 1.28. The Morgan fingerprint density at radius 3 is 3.10 bits per heavy atom. The zero-order valence-corrected chi connectivity index (χ0v) is 7.29. The summed E-state index contributed by atoms with van der Waals surface area (Å²) in [5, 5.41) is 4.12. The molecule has 58 valence electrons. The van der Waals surface area contributed by atoms with Crippen molar-refractivity contribution in [3.63, 3.8) is 0 Å². The molecule has 0 spiro atoms. The van der Waals surface area contributed by atoms with Gasteiger partial charge >= 0.3 is 0 Å². The predicted molar refractivity (Wildman–Crippen MR) is 48.3 cm³/mol. The van der Waals surface area contributed by atoms with E-state index in [0.717, 1.165) is 6.42 Å². The molecule has 1 N–H and O–H groups in total. The summed E-state index contributed by atoms with van der Waals surface area (Å²) >= 11 is 2.03. The van der Waals surface area contributed by atoms with Crippen LogP contribution in [-0.4, -0.2) is 17.7 Å². The van der Waals surface area contributed by atoms with Crippen LogP contribution in [0.15, 0.2) is 12.2 Å². The molecule has 1 rings (SSSR count). The Hall–Kier alpha value is 0.0500. The second-order valence-corrected chi connectivity index (χ2v) is 3.74. The van der Waals surface area contributed by atoms with Crippen LogP contribution in [0.4, 0.5) is 0 Å². The standard InChI is InChI=1S/C8H15NS/c1-2-3-4-5-8-9-6-7-10-8/h3-4,8-9H,2,5-7H2,1H3/b4-3-. The number of thioether (sulfide) groups is 1. The molecule has 1 aliphatic heterocycles. The molecule has 0 bridgehead atoms. The Labute approximate surface area is 67.3 Å². The monoisotopic (exact) mass is 157 g/mol. The van der Waals surface area contributed by atoms with E-state index in [1.54, 1.807) is 0 Å². The summed E-state index contributed by atoms with van der Waals surface area (Å²) in [4.78, 5) is 0. The first-order valence-corrected chi connectivity index (χ1v) is 4.98. The lowest BCUT2D eigenvalue weighted by molar-refractivity contribution is 0.718. The molecule has 1 saturated heterocycles. The van der Waals surface area contributed by atoms with E-state index >= 15 is 0 Å². The second kappa shape index (κ2) is 4.80.